The molecule has 5 atom stereocenters. The van der Waals surface area contributed by atoms with Crippen LogP contribution < -0.4 is 0 Å². The number of hydrogen-bond acceptors (Lipinski definition) is 15. The van der Waals surface area contributed by atoms with E-state index in [1.807, 2.05) is 0 Å². The lowest BCUT2D eigenvalue weighted by molar-refractivity contribution is -0.161. The summed E-state index contributed by atoms with van der Waals surface area (Å²) in [6.07, 6.45) is 60.8. The molecule has 95 heavy (non-hydrogen) atoms. The quantitative estimate of drug-likeness (QED) is 0.0222. The summed E-state index contributed by atoms with van der Waals surface area (Å²) in [5.41, 5.74) is 0. The molecule has 3 N–H and O–H groups in total. The Morgan fingerprint density at radius 3 is 0.621 bits per heavy atom. The van der Waals surface area contributed by atoms with Gasteiger partial charge in [0.1, 0.15) is 19.3 Å². The Bertz CT molecular complexity index is 1810. The fourth-order valence-electron chi connectivity index (χ4n) is 11.8. The highest BCUT2D eigenvalue weighted by Gasteiger charge is 2.30. The molecule has 0 rings (SSSR count). The average molecular weight is 1400 g/mol. The molecule has 564 valence electrons. The summed E-state index contributed by atoms with van der Waals surface area (Å²) in [7, 11) is -9.91. The van der Waals surface area contributed by atoms with E-state index in [1.54, 1.807) is 0 Å². The second kappa shape index (κ2) is 70.5. The first-order valence-electron chi connectivity index (χ1n) is 39.8. The summed E-state index contributed by atoms with van der Waals surface area (Å²) in [4.78, 5) is 72.8. The highest BCUT2D eigenvalue weighted by atomic mass is 31.2. The number of carbonyl (C=O) groups excluding carboxylic acids is 4. The fourth-order valence-corrected chi connectivity index (χ4v) is 13.3. The van der Waals surface area contributed by atoms with Crippen molar-refractivity contribution < 1.29 is 80.2 Å². The Kier molecular flexibility index (Phi) is 69.1. The zero-order chi connectivity index (χ0) is 69.7. The lowest BCUT2D eigenvalue weighted by Gasteiger charge is -2.21. The molecule has 19 heteroatoms. The summed E-state index contributed by atoms with van der Waals surface area (Å²) in [5.74, 6) is -2.11. The molecule has 0 aromatic carbocycles. The van der Waals surface area contributed by atoms with Crippen molar-refractivity contribution in [1.29, 1.82) is 0 Å². The molecular weight excluding hydrogens is 1250 g/mol. The lowest BCUT2D eigenvalue weighted by Crippen LogP contribution is -2.30. The molecular formula is C76H148O17P2. The van der Waals surface area contributed by atoms with E-state index < -0.39 is 97.5 Å². The van der Waals surface area contributed by atoms with Crippen molar-refractivity contribution in [2.75, 3.05) is 39.6 Å². The van der Waals surface area contributed by atoms with Crippen LogP contribution >= 0.6 is 15.6 Å². The molecule has 0 fully saturated rings. The number of phosphoric ester groups is 2. The third-order valence-corrected chi connectivity index (χ3v) is 19.8. The number of hydrogen-bond donors (Lipinski definition) is 3. The molecule has 0 saturated heterocycles. The highest BCUT2D eigenvalue weighted by Crippen LogP contribution is 2.45. The molecule has 0 aliphatic heterocycles. The van der Waals surface area contributed by atoms with E-state index in [9.17, 15) is 43.2 Å². The van der Waals surface area contributed by atoms with Crippen molar-refractivity contribution in [3.05, 3.63) is 0 Å². The number of phosphoric acid groups is 2. The molecule has 0 heterocycles. The zero-order valence-electron chi connectivity index (χ0n) is 61.6. The van der Waals surface area contributed by atoms with Crippen LogP contribution in [0, 0.1) is 0 Å². The van der Waals surface area contributed by atoms with Crippen LogP contribution in [0.5, 0.6) is 0 Å². The predicted molar refractivity (Wildman–Crippen MR) is 386 cm³/mol. The van der Waals surface area contributed by atoms with E-state index in [0.29, 0.717) is 25.7 Å². The van der Waals surface area contributed by atoms with Crippen molar-refractivity contribution >= 4 is 39.5 Å². The fraction of sp³-hybridized carbons (Fsp3) is 0.947. The van der Waals surface area contributed by atoms with E-state index in [2.05, 4.69) is 27.7 Å². The minimum atomic E-state index is -4.96. The van der Waals surface area contributed by atoms with Gasteiger partial charge in [-0.3, -0.25) is 37.3 Å². The molecule has 0 amide bonds. The van der Waals surface area contributed by atoms with Gasteiger partial charge in [0.15, 0.2) is 12.2 Å². The summed E-state index contributed by atoms with van der Waals surface area (Å²) in [6, 6.07) is 0. The maximum Gasteiger partial charge on any atom is 0.472 e. The Hall–Kier alpha value is -1.94. The van der Waals surface area contributed by atoms with Gasteiger partial charge in [-0.25, -0.2) is 9.13 Å². The Balaban J connectivity index is 5.25. The lowest BCUT2D eigenvalue weighted by atomic mass is 10.0. The van der Waals surface area contributed by atoms with Crippen molar-refractivity contribution in [2.45, 2.75) is 425 Å². The largest absolute Gasteiger partial charge is 0.472 e. The Morgan fingerprint density at radius 1 is 0.253 bits per heavy atom. The molecule has 0 aliphatic rings. The number of aliphatic hydroxyl groups is 1. The standard InChI is InChI=1S/C76H148O17P2/c1-5-9-13-17-21-25-29-33-34-35-36-39-43-47-51-55-59-63-76(81)93-72(67-87-74(79)61-57-53-49-45-41-37-30-26-22-18-14-10-6-2)69-91-95(84,85)89-65-70(77)64-88-94(82,83)90-68-71(66-86-73(78)60-56-52-48-44-40-32-28-24-20-16-12-8-4)92-75(80)62-58-54-50-46-42-38-31-27-23-19-15-11-7-3/h70-72,77H,5-69H2,1-4H3,(H,82,83)(H,84,85)/t70?,71-,72-/m1/s1. The summed E-state index contributed by atoms with van der Waals surface area (Å²) < 4.78 is 68.6. The molecule has 3 unspecified atom stereocenters. The Labute approximate surface area is 581 Å². The smallest absolute Gasteiger partial charge is 0.462 e. The second-order valence-corrected chi connectivity index (χ2v) is 30.3. The van der Waals surface area contributed by atoms with E-state index in [-0.39, 0.29) is 25.7 Å². The van der Waals surface area contributed by atoms with Crippen LogP contribution in [-0.4, -0.2) is 96.7 Å². The van der Waals surface area contributed by atoms with Crippen LogP contribution in [0.4, 0.5) is 0 Å². The van der Waals surface area contributed by atoms with Crippen molar-refractivity contribution in [3.63, 3.8) is 0 Å². The van der Waals surface area contributed by atoms with Gasteiger partial charge in [0, 0.05) is 25.7 Å². The maximum atomic E-state index is 13.1. The molecule has 0 aliphatic carbocycles. The molecule has 0 radical (unpaired) electrons. The van der Waals surface area contributed by atoms with Gasteiger partial charge in [0.2, 0.25) is 0 Å². The maximum absolute atomic E-state index is 13.1. The molecule has 0 aromatic heterocycles. The molecule has 0 saturated carbocycles. The average Bonchev–Trinajstić information content (AvgIpc) is 2.24. The summed E-state index contributed by atoms with van der Waals surface area (Å²) in [5, 5.41) is 10.6. The van der Waals surface area contributed by atoms with Crippen molar-refractivity contribution in [1.82, 2.24) is 0 Å². The number of aliphatic hydroxyl groups excluding tert-OH is 1. The van der Waals surface area contributed by atoms with Gasteiger partial charge in [0.05, 0.1) is 26.4 Å². The second-order valence-electron chi connectivity index (χ2n) is 27.4. The third kappa shape index (κ3) is 70.3. The first kappa shape index (κ1) is 93.1. The van der Waals surface area contributed by atoms with Crippen LogP contribution in [0.3, 0.4) is 0 Å². The van der Waals surface area contributed by atoms with E-state index in [1.165, 1.54) is 238 Å². The molecule has 0 aromatic rings. The van der Waals surface area contributed by atoms with Crippen molar-refractivity contribution in [3.8, 4) is 0 Å². The minimum Gasteiger partial charge on any atom is -0.462 e. The first-order valence-corrected chi connectivity index (χ1v) is 42.8. The number of ether oxygens (including phenoxy) is 4. The van der Waals surface area contributed by atoms with E-state index in [0.717, 1.165) is 89.9 Å². The van der Waals surface area contributed by atoms with Crippen LogP contribution in [0.15, 0.2) is 0 Å². The van der Waals surface area contributed by atoms with E-state index in [4.69, 9.17) is 37.0 Å². The number of rotatable bonds is 77. The molecule has 0 spiro atoms. The van der Waals surface area contributed by atoms with Gasteiger partial charge >= 0.3 is 39.5 Å². The van der Waals surface area contributed by atoms with Crippen LogP contribution in [-0.2, 0) is 65.4 Å². The van der Waals surface area contributed by atoms with Gasteiger partial charge in [-0.1, -0.05) is 355 Å². The Morgan fingerprint density at radius 2 is 0.421 bits per heavy atom. The molecule has 0 bridgehead atoms. The topological polar surface area (TPSA) is 237 Å². The highest BCUT2D eigenvalue weighted by molar-refractivity contribution is 7.47. The van der Waals surface area contributed by atoms with Gasteiger partial charge in [0.25, 0.3) is 0 Å². The van der Waals surface area contributed by atoms with Gasteiger partial charge < -0.3 is 33.8 Å². The number of esters is 4. The van der Waals surface area contributed by atoms with Gasteiger partial charge in [-0.05, 0) is 25.7 Å². The number of carbonyl (C=O) groups is 4. The minimum absolute atomic E-state index is 0.109. The summed E-state index contributed by atoms with van der Waals surface area (Å²) >= 11 is 0. The van der Waals surface area contributed by atoms with Crippen LogP contribution in [0.1, 0.15) is 407 Å². The third-order valence-electron chi connectivity index (χ3n) is 17.9. The SMILES string of the molecule is CCCCCCCCCCCCCCCCCCCC(=O)O[C@H](COC(=O)CCCCCCCCCCCCCCC)COP(=O)(O)OCC(O)COP(=O)(O)OC[C@@H](COC(=O)CCCCCCCCCCCCCC)OC(=O)CCCCCCCCCCCCCCC. The van der Waals surface area contributed by atoms with E-state index >= 15 is 0 Å². The first-order chi connectivity index (χ1) is 46.2. The number of unbranched alkanes of at least 4 members (excludes halogenated alkanes) is 51. The van der Waals surface area contributed by atoms with Crippen LogP contribution in [0.25, 0.3) is 0 Å². The molecule has 17 nitrogen and oxygen atoms in total. The monoisotopic (exact) mass is 1400 g/mol. The predicted octanol–water partition coefficient (Wildman–Crippen LogP) is 22.6. The van der Waals surface area contributed by atoms with Crippen molar-refractivity contribution in [2.24, 2.45) is 0 Å². The van der Waals surface area contributed by atoms with Crippen LogP contribution in [0.2, 0.25) is 0 Å². The van der Waals surface area contributed by atoms with Gasteiger partial charge in [-0.15, -0.1) is 0 Å². The normalized spacial score (nSPS) is 13.9. The summed E-state index contributed by atoms with van der Waals surface area (Å²) in [6.45, 7) is 5.00. The van der Waals surface area contributed by atoms with Gasteiger partial charge in [-0.2, -0.15) is 0 Å². The zero-order valence-corrected chi connectivity index (χ0v) is 63.4.